The summed E-state index contributed by atoms with van der Waals surface area (Å²) in [7, 11) is 0. The van der Waals surface area contributed by atoms with Gasteiger partial charge in [0.2, 0.25) is 5.91 Å². The van der Waals surface area contributed by atoms with Gasteiger partial charge in [-0.25, -0.2) is 0 Å². The average molecular weight is 489 g/mol. The summed E-state index contributed by atoms with van der Waals surface area (Å²) < 4.78 is 0.833. The highest BCUT2D eigenvalue weighted by atomic mass is 79.9. The fourth-order valence-corrected chi connectivity index (χ4v) is 3.92. The van der Waals surface area contributed by atoms with Crippen LogP contribution in [0.1, 0.15) is 30.1 Å². The van der Waals surface area contributed by atoms with Crippen LogP contribution in [0.15, 0.2) is 53.0 Å². The van der Waals surface area contributed by atoms with Crippen LogP contribution in [0.5, 0.6) is 0 Å². The minimum absolute atomic E-state index is 0.245. The number of carbonyl (C=O) groups is 2. The second kappa shape index (κ2) is 10.5. The molecule has 8 heteroatoms. The van der Waals surface area contributed by atoms with Crippen molar-refractivity contribution < 1.29 is 9.59 Å². The van der Waals surface area contributed by atoms with Gasteiger partial charge in [-0.3, -0.25) is 14.9 Å². The maximum atomic E-state index is 12.3. The van der Waals surface area contributed by atoms with Crippen LogP contribution in [-0.4, -0.2) is 48.0 Å². The Labute approximate surface area is 190 Å². The molecule has 0 radical (unpaired) electrons. The Bertz CT molecular complexity index is 912. The number of anilines is 2. The van der Waals surface area contributed by atoms with E-state index < -0.39 is 0 Å². The molecule has 3 rings (SSSR count). The number of hydrogen-bond donors (Lipinski definition) is 2. The Morgan fingerprint density at radius 1 is 1.07 bits per heavy atom. The largest absolute Gasteiger partial charge is 0.368 e. The molecule has 158 valence electrons. The first-order valence-electron chi connectivity index (χ1n) is 9.97. The van der Waals surface area contributed by atoms with Crippen LogP contribution in [0.3, 0.4) is 0 Å². The van der Waals surface area contributed by atoms with Crippen LogP contribution < -0.4 is 15.5 Å². The number of rotatable bonds is 5. The summed E-state index contributed by atoms with van der Waals surface area (Å²) in [6.07, 6.45) is 1.51. The lowest BCUT2D eigenvalue weighted by molar-refractivity contribution is -0.131. The summed E-state index contributed by atoms with van der Waals surface area (Å²) in [6.45, 7) is 5.18. The lowest BCUT2D eigenvalue weighted by Gasteiger charge is -2.36. The third-order valence-corrected chi connectivity index (χ3v) is 5.60. The summed E-state index contributed by atoms with van der Waals surface area (Å²) in [5.41, 5.74) is 2.43. The Morgan fingerprint density at radius 2 is 1.77 bits per heavy atom. The zero-order valence-electron chi connectivity index (χ0n) is 16.9. The molecule has 30 heavy (non-hydrogen) atoms. The Balaban J connectivity index is 1.50. The molecular formula is C22H25BrN4O2S. The van der Waals surface area contributed by atoms with Crippen molar-refractivity contribution in [2.45, 2.75) is 19.8 Å². The molecule has 2 N–H and O–H groups in total. The number of halogens is 1. The summed E-state index contributed by atoms with van der Waals surface area (Å²) in [4.78, 5) is 28.5. The number of thiocarbonyl (C=S) groups is 1. The Morgan fingerprint density at radius 3 is 2.40 bits per heavy atom. The first kappa shape index (κ1) is 22.2. The van der Waals surface area contributed by atoms with Gasteiger partial charge in [-0.2, -0.15) is 0 Å². The number of nitrogens with one attached hydrogen (secondary N) is 2. The molecule has 0 saturated carbocycles. The summed E-state index contributed by atoms with van der Waals surface area (Å²) in [6, 6.07) is 15.0. The van der Waals surface area contributed by atoms with Crippen LogP contribution in [0, 0.1) is 0 Å². The van der Waals surface area contributed by atoms with Gasteiger partial charge in [0.05, 0.1) is 0 Å². The maximum Gasteiger partial charge on any atom is 0.257 e. The Hall–Kier alpha value is -2.45. The van der Waals surface area contributed by atoms with Crippen LogP contribution in [0.25, 0.3) is 0 Å². The topological polar surface area (TPSA) is 64.7 Å². The molecule has 1 fully saturated rings. The van der Waals surface area contributed by atoms with Crippen LogP contribution in [-0.2, 0) is 4.79 Å². The SMILES string of the molecule is CCCC(=O)N1CCN(c2ccc(NC(=S)NC(=O)c3cccc(Br)c3)cc2)CC1. The van der Waals surface area contributed by atoms with Crippen molar-refractivity contribution in [3.05, 3.63) is 58.6 Å². The van der Waals surface area contributed by atoms with Crippen molar-refractivity contribution in [1.82, 2.24) is 10.2 Å². The number of nitrogens with zero attached hydrogens (tertiary/aromatic N) is 2. The molecule has 6 nitrogen and oxygen atoms in total. The molecule has 1 heterocycles. The molecule has 0 atom stereocenters. The summed E-state index contributed by atoms with van der Waals surface area (Å²) >= 11 is 8.61. The number of benzene rings is 2. The smallest absolute Gasteiger partial charge is 0.257 e. The first-order chi connectivity index (χ1) is 14.5. The highest BCUT2D eigenvalue weighted by molar-refractivity contribution is 9.10. The monoisotopic (exact) mass is 488 g/mol. The number of piperazine rings is 1. The maximum absolute atomic E-state index is 12.3. The summed E-state index contributed by atoms with van der Waals surface area (Å²) in [5, 5.41) is 5.97. The van der Waals surface area contributed by atoms with Crippen molar-refractivity contribution in [2.24, 2.45) is 0 Å². The molecule has 0 unspecified atom stereocenters. The second-order valence-electron chi connectivity index (χ2n) is 7.08. The molecule has 1 saturated heterocycles. The molecule has 2 amide bonds. The van der Waals surface area contributed by atoms with Gasteiger partial charge in [-0.1, -0.05) is 28.9 Å². The zero-order valence-corrected chi connectivity index (χ0v) is 19.3. The lowest BCUT2D eigenvalue weighted by atomic mass is 10.2. The van der Waals surface area contributed by atoms with E-state index in [4.69, 9.17) is 12.2 Å². The van der Waals surface area contributed by atoms with E-state index in [0.29, 0.717) is 12.0 Å². The van der Waals surface area contributed by atoms with E-state index in [1.165, 1.54) is 0 Å². The highest BCUT2D eigenvalue weighted by Gasteiger charge is 2.20. The minimum Gasteiger partial charge on any atom is -0.368 e. The third kappa shape index (κ3) is 6.03. The molecule has 2 aromatic carbocycles. The van der Waals surface area contributed by atoms with Crippen molar-refractivity contribution in [1.29, 1.82) is 0 Å². The number of carbonyl (C=O) groups excluding carboxylic acids is 2. The number of hydrogen-bond acceptors (Lipinski definition) is 4. The van der Waals surface area contributed by atoms with Crippen LogP contribution in [0.2, 0.25) is 0 Å². The zero-order chi connectivity index (χ0) is 21.5. The van der Waals surface area contributed by atoms with Gasteiger partial charge in [0, 0.05) is 54.0 Å². The predicted molar refractivity (Wildman–Crippen MR) is 128 cm³/mol. The van der Waals surface area contributed by atoms with Gasteiger partial charge < -0.3 is 15.1 Å². The quantitative estimate of drug-likeness (QED) is 0.622. The summed E-state index contributed by atoms with van der Waals surface area (Å²) in [5.74, 6) is -0.0176. The van der Waals surface area contributed by atoms with Crippen molar-refractivity contribution in [3.8, 4) is 0 Å². The van der Waals surface area contributed by atoms with Gasteiger partial charge in [0.1, 0.15) is 0 Å². The molecule has 0 aliphatic carbocycles. The van der Waals surface area contributed by atoms with Gasteiger partial charge >= 0.3 is 0 Å². The molecule has 1 aliphatic rings. The van der Waals surface area contributed by atoms with Gasteiger partial charge in [-0.15, -0.1) is 0 Å². The predicted octanol–water partition coefficient (Wildman–Crippen LogP) is 4.02. The van der Waals surface area contributed by atoms with Crippen molar-refractivity contribution in [3.63, 3.8) is 0 Å². The van der Waals surface area contributed by atoms with Gasteiger partial charge in [0.15, 0.2) is 5.11 Å². The van der Waals surface area contributed by atoms with Crippen molar-refractivity contribution in [2.75, 3.05) is 36.4 Å². The van der Waals surface area contributed by atoms with Gasteiger partial charge in [-0.05, 0) is 61.1 Å². The fraction of sp³-hybridized carbons (Fsp3) is 0.318. The lowest BCUT2D eigenvalue weighted by Crippen LogP contribution is -2.48. The average Bonchev–Trinajstić information content (AvgIpc) is 2.74. The molecular weight excluding hydrogens is 464 g/mol. The molecule has 0 aromatic heterocycles. The molecule has 0 spiro atoms. The van der Waals surface area contributed by atoms with Crippen LogP contribution in [0.4, 0.5) is 11.4 Å². The standard InChI is InChI=1S/C22H25BrN4O2S/c1-2-4-20(28)27-13-11-26(12-14-27)19-9-7-18(8-10-19)24-22(30)25-21(29)16-5-3-6-17(23)15-16/h3,5-10,15H,2,4,11-14H2,1H3,(H2,24,25,29,30). The van der Waals surface area contributed by atoms with E-state index in [9.17, 15) is 9.59 Å². The van der Waals surface area contributed by atoms with Crippen LogP contribution >= 0.6 is 28.1 Å². The highest BCUT2D eigenvalue weighted by Crippen LogP contribution is 2.20. The van der Waals surface area contributed by atoms with E-state index in [2.05, 4.69) is 31.5 Å². The van der Waals surface area contributed by atoms with E-state index in [1.807, 2.05) is 42.2 Å². The van der Waals surface area contributed by atoms with Gasteiger partial charge in [0.25, 0.3) is 5.91 Å². The van der Waals surface area contributed by atoms with E-state index in [0.717, 1.165) is 48.4 Å². The minimum atomic E-state index is -0.263. The number of amides is 2. The normalized spacial score (nSPS) is 13.7. The molecule has 1 aliphatic heterocycles. The molecule has 2 aromatic rings. The Kier molecular flexibility index (Phi) is 7.81. The van der Waals surface area contributed by atoms with E-state index in [-0.39, 0.29) is 16.9 Å². The second-order valence-corrected chi connectivity index (χ2v) is 8.41. The first-order valence-corrected chi connectivity index (χ1v) is 11.2. The van der Waals surface area contributed by atoms with E-state index >= 15 is 0 Å². The van der Waals surface area contributed by atoms with E-state index in [1.54, 1.807) is 18.2 Å². The third-order valence-electron chi connectivity index (χ3n) is 4.90. The van der Waals surface area contributed by atoms with Crippen molar-refractivity contribution >= 4 is 56.4 Å². The molecule has 0 bridgehead atoms. The fourth-order valence-electron chi connectivity index (χ4n) is 3.31.